The van der Waals surface area contributed by atoms with Gasteiger partial charge in [0.1, 0.15) is 13.1 Å². The summed E-state index contributed by atoms with van der Waals surface area (Å²) in [6.07, 6.45) is 50.9. The Morgan fingerprint density at radius 1 is 0.234 bits per heavy atom. The van der Waals surface area contributed by atoms with Gasteiger partial charge in [-0.1, -0.05) is 219 Å². The highest BCUT2D eigenvalue weighted by Crippen LogP contribution is 2.18. The highest BCUT2D eigenvalue weighted by atomic mass is 16.3. The molecule has 2 N–H and O–H groups in total. The van der Waals surface area contributed by atoms with Crippen LogP contribution in [0.4, 0.5) is 0 Å². The number of unbranched alkanes of at least 4 members (excludes halogenated alkanes) is 34. The largest absolute Gasteiger partial charge is 0.391 e. The third-order valence-corrected chi connectivity index (χ3v) is 11.1. The molecule has 0 aromatic rings. The lowest BCUT2D eigenvalue weighted by Crippen LogP contribution is -2.52. The lowest BCUT2D eigenvalue weighted by molar-refractivity contribution is -0.929. The molecule has 3 heteroatoms. The minimum atomic E-state index is 0.248. The molecule has 0 saturated carbocycles. The van der Waals surface area contributed by atoms with Crippen LogP contribution in [-0.2, 0) is 0 Å². The van der Waals surface area contributed by atoms with Crippen LogP contribution in [0.2, 0.25) is 0 Å². The van der Waals surface area contributed by atoms with Crippen molar-refractivity contribution in [3.8, 4) is 0 Å². The van der Waals surface area contributed by atoms with Gasteiger partial charge in [0.05, 0.1) is 26.3 Å². The normalized spacial score (nSPS) is 12.0. The van der Waals surface area contributed by atoms with Gasteiger partial charge in [-0.25, -0.2) is 0 Å². The fourth-order valence-corrected chi connectivity index (χ4v) is 7.79. The Morgan fingerprint density at radius 2 is 0.404 bits per heavy atom. The van der Waals surface area contributed by atoms with Crippen LogP contribution >= 0.6 is 0 Å². The maximum absolute atomic E-state index is 9.83. The Morgan fingerprint density at radius 3 is 0.574 bits per heavy atom. The second kappa shape index (κ2) is 40.3. The van der Waals surface area contributed by atoms with Crippen molar-refractivity contribution in [1.82, 2.24) is 0 Å². The van der Waals surface area contributed by atoms with Gasteiger partial charge in [0.2, 0.25) is 0 Å². The molecule has 0 aliphatic heterocycles. The van der Waals surface area contributed by atoms with Crippen molar-refractivity contribution in [2.24, 2.45) is 0 Å². The number of aliphatic hydroxyl groups excluding tert-OH is 2. The van der Waals surface area contributed by atoms with Gasteiger partial charge in [-0.05, 0) is 25.7 Å². The molecule has 0 aromatic carbocycles. The topological polar surface area (TPSA) is 40.5 Å². The van der Waals surface area contributed by atoms with Gasteiger partial charge in [0, 0.05) is 0 Å². The van der Waals surface area contributed by atoms with Crippen molar-refractivity contribution < 1.29 is 14.7 Å². The zero-order valence-corrected chi connectivity index (χ0v) is 33.0. The minimum absolute atomic E-state index is 0.248. The third kappa shape index (κ3) is 35.5. The van der Waals surface area contributed by atoms with Crippen LogP contribution in [0, 0.1) is 0 Å². The number of rotatable bonds is 42. The summed E-state index contributed by atoms with van der Waals surface area (Å²) in [6.45, 7) is 9.01. The van der Waals surface area contributed by atoms with Crippen LogP contribution in [0.5, 0.6) is 0 Å². The van der Waals surface area contributed by atoms with Gasteiger partial charge in [0.15, 0.2) is 0 Å². The average molecular weight is 667 g/mol. The Kier molecular flexibility index (Phi) is 40.2. The minimum Gasteiger partial charge on any atom is -0.391 e. The quantitative estimate of drug-likeness (QED) is 0.0503. The zero-order chi connectivity index (χ0) is 34.2. The first kappa shape index (κ1) is 46.9. The average Bonchev–Trinajstić information content (AvgIpc) is 3.07. The van der Waals surface area contributed by atoms with E-state index < -0.39 is 0 Å². The van der Waals surface area contributed by atoms with Gasteiger partial charge in [-0.3, -0.25) is 0 Å². The number of nitrogens with zero attached hydrogens (tertiary/aromatic N) is 1. The summed E-state index contributed by atoms with van der Waals surface area (Å²) >= 11 is 0. The highest BCUT2D eigenvalue weighted by molar-refractivity contribution is 4.54. The monoisotopic (exact) mass is 667 g/mol. The maximum atomic E-state index is 9.83. The molecule has 0 rings (SSSR count). The number of quaternary nitrogens is 1. The third-order valence-electron chi connectivity index (χ3n) is 11.1. The molecule has 0 spiro atoms. The van der Waals surface area contributed by atoms with E-state index in [0.29, 0.717) is 0 Å². The van der Waals surface area contributed by atoms with Gasteiger partial charge in [0.25, 0.3) is 0 Å². The lowest BCUT2D eigenvalue weighted by atomic mass is 10.0. The van der Waals surface area contributed by atoms with E-state index in [4.69, 9.17) is 0 Å². The van der Waals surface area contributed by atoms with Crippen molar-refractivity contribution in [3.63, 3.8) is 0 Å². The summed E-state index contributed by atoms with van der Waals surface area (Å²) < 4.78 is 0.935. The molecule has 284 valence electrons. The maximum Gasteiger partial charge on any atom is 0.102 e. The predicted octanol–water partition coefficient (Wildman–Crippen LogP) is 13.9. The molecule has 0 bridgehead atoms. The number of aliphatic hydroxyl groups is 2. The first-order valence-electron chi connectivity index (χ1n) is 22.3. The molecule has 0 aromatic heterocycles. The second-order valence-electron chi connectivity index (χ2n) is 15.7. The molecule has 3 nitrogen and oxygen atoms in total. The second-order valence-corrected chi connectivity index (χ2v) is 15.7. The molecule has 0 heterocycles. The van der Waals surface area contributed by atoms with Crippen molar-refractivity contribution in [1.29, 1.82) is 0 Å². The Bertz CT molecular complexity index is 505. The summed E-state index contributed by atoms with van der Waals surface area (Å²) in [5.41, 5.74) is 0. The van der Waals surface area contributed by atoms with Gasteiger partial charge >= 0.3 is 0 Å². The van der Waals surface area contributed by atoms with Crippen LogP contribution in [-0.4, -0.2) is 54.1 Å². The van der Waals surface area contributed by atoms with Gasteiger partial charge in [-0.15, -0.1) is 0 Å². The van der Waals surface area contributed by atoms with Gasteiger partial charge in [-0.2, -0.15) is 0 Å². The highest BCUT2D eigenvalue weighted by Gasteiger charge is 2.25. The van der Waals surface area contributed by atoms with Crippen LogP contribution in [0.25, 0.3) is 0 Å². The fraction of sp³-hybridized carbons (Fsp3) is 1.00. The summed E-state index contributed by atoms with van der Waals surface area (Å²) in [5.74, 6) is 0. The SMILES string of the molecule is CCCCCCCCCCCCCCCCCCCC[N+](CCO)(CCO)CCCCCCCCCCCCCCCCCCCC. The first-order valence-corrected chi connectivity index (χ1v) is 22.3. The Balaban J connectivity index is 3.67. The van der Waals surface area contributed by atoms with E-state index in [1.807, 2.05) is 0 Å². The molecule has 0 unspecified atom stereocenters. The van der Waals surface area contributed by atoms with E-state index in [9.17, 15) is 10.2 Å². The zero-order valence-electron chi connectivity index (χ0n) is 33.0. The molecular formula is C44H92NO2+. The smallest absolute Gasteiger partial charge is 0.102 e. The molecule has 0 amide bonds. The Labute approximate surface area is 298 Å². The van der Waals surface area contributed by atoms with E-state index in [2.05, 4.69) is 13.8 Å². The van der Waals surface area contributed by atoms with E-state index in [-0.39, 0.29) is 13.2 Å². The lowest BCUT2D eigenvalue weighted by Gasteiger charge is -2.38. The molecule has 0 fully saturated rings. The Hall–Kier alpha value is -0.120. The molecule has 0 radical (unpaired) electrons. The van der Waals surface area contributed by atoms with Crippen LogP contribution in [0.15, 0.2) is 0 Å². The molecule has 47 heavy (non-hydrogen) atoms. The van der Waals surface area contributed by atoms with Crippen molar-refractivity contribution >= 4 is 0 Å². The molecule has 0 saturated heterocycles. The standard InChI is InChI=1S/C44H92NO2/c1-3-5-7-9-11-13-15-17-19-21-23-25-27-29-31-33-35-37-39-45(41-43-46,42-44-47)40-38-36-34-32-30-28-26-24-22-20-18-16-14-12-10-8-6-4-2/h46-47H,3-44H2,1-2H3/q+1. The first-order chi connectivity index (χ1) is 23.2. The molecular weight excluding hydrogens is 574 g/mol. The predicted molar refractivity (Wildman–Crippen MR) is 211 cm³/mol. The molecule has 0 atom stereocenters. The van der Waals surface area contributed by atoms with E-state index in [1.54, 1.807) is 0 Å². The van der Waals surface area contributed by atoms with Crippen LogP contribution < -0.4 is 0 Å². The molecule has 0 aliphatic rings. The summed E-state index contributed by atoms with van der Waals surface area (Å²) in [4.78, 5) is 0. The summed E-state index contributed by atoms with van der Waals surface area (Å²) in [7, 11) is 0. The number of hydrogen-bond donors (Lipinski definition) is 2. The number of hydrogen-bond acceptors (Lipinski definition) is 2. The van der Waals surface area contributed by atoms with E-state index >= 15 is 0 Å². The van der Waals surface area contributed by atoms with E-state index in [0.717, 1.165) is 30.7 Å². The summed E-state index contributed by atoms with van der Waals surface area (Å²) in [6, 6.07) is 0. The van der Waals surface area contributed by atoms with Crippen molar-refractivity contribution in [2.45, 2.75) is 245 Å². The van der Waals surface area contributed by atoms with Crippen molar-refractivity contribution in [3.05, 3.63) is 0 Å². The van der Waals surface area contributed by atoms with Crippen LogP contribution in [0.1, 0.15) is 245 Å². The molecule has 0 aliphatic carbocycles. The van der Waals surface area contributed by atoms with Crippen molar-refractivity contribution in [2.75, 3.05) is 39.4 Å². The fourth-order valence-electron chi connectivity index (χ4n) is 7.79. The van der Waals surface area contributed by atoms with E-state index in [1.165, 1.54) is 231 Å². The van der Waals surface area contributed by atoms with Crippen LogP contribution in [0.3, 0.4) is 0 Å². The van der Waals surface area contributed by atoms with Gasteiger partial charge < -0.3 is 14.7 Å². The summed E-state index contributed by atoms with van der Waals surface area (Å²) in [5, 5.41) is 19.7.